The summed E-state index contributed by atoms with van der Waals surface area (Å²) in [4.78, 5) is 18.2. The molecule has 23 heavy (non-hydrogen) atoms. The predicted molar refractivity (Wildman–Crippen MR) is 110 cm³/mol. The molecule has 0 aromatic rings. The number of amides is 1. The molecule has 0 aliphatic carbocycles. The molecule has 134 valence electrons. The van der Waals surface area contributed by atoms with Crippen molar-refractivity contribution in [1.82, 2.24) is 15.5 Å². The molecule has 2 fully saturated rings. The molecule has 1 amide bonds. The van der Waals surface area contributed by atoms with Gasteiger partial charge in [-0.3, -0.25) is 9.79 Å². The number of carbonyl (C=O) groups excluding carboxylic acids is 1. The first-order valence-corrected chi connectivity index (χ1v) is 9.65. The van der Waals surface area contributed by atoms with Gasteiger partial charge in [0.05, 0.1) is 0 Å². The van der Waals surface area contributed by atoms with E-state index in [1.165, 1.54) is 18.6 Å². The number of nitrogens with zero attached hydrogens (tertiary/aromatic N) is 2. The van der Waals surface area contributed by atoms with Crippen LogP contribution in [0.5, 0.6) is 0 Å². The zero-order valence-electron chi connectivity index (χ0n) is 14.3. The Morgan fingerprint density at radius 3 is 2.83 bits per heavy atom. The Kier molecular flexibility index (Phi) is 10.3. The topological polar surface area (TPSA) is 56.7 Å². The lowest BCUT2D eigenvalue weighted by Crippen LogP contribution is -2.43. The van der Waals surface area contributed by atoms with Gasteiger partial charge in [-0.05, 0) is 37.9 Å². The van der Waals surface area contributed by atoms with Gasteiger partial charge in [-0.25, -0.2) is 0 Å². The van der Waals surface area contributed by atoms with Gasteiger partial charge in [-0.15, -0.1) is 24.0 Å². The van der Waals surface area contributed by atoms with Crippen LogP contribution in [0.2, 0.25) is 0 Å². The number of likely N-dealkylation sites (tertiary alicyclic amines) is 1. The minimum absolute atomic E-state index is 0. The van der Waals surface area contributed by atoms with Crippen LogP contribution in [0.3, 0.4) is 0 Å². The maximum Gasteiger partial charge on any atom is 0.222 e. The quantitative estimate of drug-likeness (QED) is 0.353. The van der Waals surface area contributed by atoms with Crippen LogP contribution in [-0.4, -0.2) is 60.5 Å². The SMILES string of the molecule is CCC(CCNC(=NC)NCC1CCCS1)N1CCCC1=O.I. The van der Waals surface area contributed by atoms with Gasteiger partial charge in [-0.1, -0.05) is 6.92 Å². The van der Waals surface area contributed by atoms with Crippen molar-refractivity contribution in [2.75, 3.05) is 32.4 Å². The summed E-state index contributed by atoms with van der Waals surface area (Å²) in [7, 11) is 1.82. The summed E-state index contributed by atoms with van der Waals surface area (Å²) in [5.74, 6) is 2.50. The number of carbonyl (C=O) groups is 1. The van der Waals surface area contributed by atoms with Crippen molar-refractivity contribution in [3.8, 4) is 0 Å². The molecule has 0 radical (unpaired) electrons. The summed E-state index contributed by atoms with van der Waals surface area (Å²) in [6.45, 7) is 4.95. The Morgan fingerprint density at radius 1 is 1.43 bits per heavy atom. The first kappa shape index (κ1) is 20.9. The van der Waals surface area contributed by atoms with Crippen LogP contribution in [-0.2, 0) is 4.79 Å². The molecular formula is C16H31IN4OS. The predicted octanol–water partition coefficient (Wildman–Crippen LogP) is 2.46. The van der Waals surface area contributed by atoms with Crippen LogP contribution in [0.1, 0.15) is 45.4 Å². The second-order valence-corrected chi connectivity index (χ2v) is 7.46. The molecule has 2 aliphatic heterocycles. The van der Waals surface area contributed by atoms with E-state index >= 15 is 0 Å². The van der Waals surface area contributed by atoms with Crippen molar-refractivity contribution >= 4 is 47.6 Å². The van der Waals surface area contributed by atoms with Gasteiger partial charge in [0.1, 0.15) is 0 Å². The third kappa shape index (κ3) is 6.68. The van der Waals surface area contributed by atoms with E-state index in [0.29, 0.717) is 11.9 Å². The van der Waals surface area contributed by atoms with E-state index in [1.807, 2.05) is 7.05 Å². The molecule has 7 heteroatoms. The van der Waals surface area contributed by atoms with E-state index in [1.54, 1.807) is 0 Å². The lowest BCUT2D eigenvalue weighted by atomic mass is 10.1. The number of rotatable bonds is 7. The summed E-state index contributed by atoms with van der Waals surface area (Å²) in [6.07, 6.45) is 6.41. The number of hydrogen-bond acceptors (Lipinski definition) is 3. The highest BCUT2D eigenvalue weighted by molar-refractivity contribution is 14.0. The number of thioether (sulfide) groups is 1. The van der Waals surface area contributed by atoms with Gasteiger partial charge in [0.2, 0.25) is 5.91 Å². The fourth-order valence-electron chi connectivity index (χ4n) is 3.23. The van der Waals surface area contributed by atoms with Crippen molar-refractivity contribution in [2.45, 2.75) is 56.7 Å². The summed E-state index contributed by atoms with van der Waals surface area (Å²) in [6, 6.07) is 0.367. The highest BCUT2D eigenvalue weighted by atomic mass is 127. The van der Waals surface area contributed by atoms with Crippen molar-refractivity contribution in [2.24, 2.45) is 4.99 Å². The maximum absolute atomic E-state index is 11.8. The van der Waals surface area contributed by atoms with E-state index in [9.17, 15) is 4.79 Å². The number of halogens is 1. The minimum atomic E-state index is 0. The summed E-state index contributed by atoms with van der Waals surface area (Å²) < 4.78 is 0. The molecule has 2 aliphatic rings. The number of guanidine groups is 1. The molecule has 2 heterocycles. The summed E-state index contributed by atoms with van der Waals surface area (Å²) in [5.41, 5.74) is 0. The standard InChI is InChI=1S/C16H30N4OS.HI/c1-3-13(20-10-4-7-15(20)21)8-9-18-16(17-2)19-12-14-6-5-11-22-14;/h13-14H,3-12H2,1-2H3,(H2,17,18,19);1H. The van der Waals surface area contributed by atoms with Gasteiger partial charge in [0, 0.05) is 44.4 Å². The summed E-state index contributed by atoms with van der Waals surface area (Å²) in [5, 5.41) is 7.53. The molecule has 5 nitrogen and oxygen atoms in total. The Balaban J connectivity index is 0.00000264. The Hall–Kier alpha value is -0.180. The highest BCUT2D eigenvalue weighted by Crippen LogP contribution is 2.25. The fourth-order valence-corrected chi connectivity index (χ4v) is 4.43. The highest BCUT2D eigenvalue weighted by Gasteiger charge is 2.26. The molecular weight excluding hydrogens is 423 g/mol. The number of aliphatic imine (C=N–C) groups is 1. The summed E-state index contributed by atoms with van der Waals surface area (Å²) >= 11 is 2.05. The zero-order chi connectivity index (χ0) is 15.8. The smallest absolute Gasteiger partial charge is 0.222 e. The largest absolute Gasteiger partial charge is 0.356 e. The maximum atomic E-state index is 11.8. The van der Waals surface area contributed by atoms with E-state index in [0.717, 1.165) is 56.5 Å². The molecule has 2 saturated heterocycles. The minimum Gasteiger partial charge on any atom is -0.356 e. The zero-order valence-corrected chi connectivity index (χ0v) is 17.5. The normalized spacial score (nSPS) is 22.9. The van der Waals surface area contributed by atoms with Crippen LogP contribution in [0, 0.1) is 0 Å². The van der Waals surface area contributed by atoms with Gasteiger partial charge in [0.25, 0.3) is 0 Å². The lowest BCUT2D eigenvalue weighted by Gasteiger charge is -2.27. The molecule has 2 unspecified atom stereocenters. The monoisotopic (exact) mass is 454 g/mol. The van der Waals surface area contributed by atoms with E-state index in [-0.39, 0.29) is 24.0 Å². The lowest BCUT2D eigenvalue weighted by molar-refractivity contribution is -0.129. The van der Waals surface area contributed by atoms with E-state index in [2.05, 4.69) is 39.2 Å². The first-order chi connectivity index (χ1) is 10.7. The van der Waals surface area contributed by atoms with Gasteiger partial charge < -0.3 is 15.5 Å². The number of hydrogen-bond donors (Lipinski definition) is 2. The van der Waals surface area contributed by atoms with Gasteiger partial charge in [0.15, 0.2) is 5.96 Å². The molecule has 0 aromatic carbocycles. The Bertz CT molecular complexity index is 388. The van der Waals surface area contributed by atoms with Crippen LogP contribution >= 0.6 is 35.7 Å². The van der Waals surface area contributed by atoms with Crippen molar-refractivity contribution in [1.29, 1.82) is 0 Å². The fraction of sp³-hybridized carbons (Fsp3) is 0.875. The van der Waals surface area contributed by atoms with Crippen LogP contribution in [0.4, 0.5) is 0 Å². The first-order valence-electron chi connectivity index (χ1n) is 8.60. The third-order valence-corrected chi connectivity index (χ3v) is 5.93. The van der Waals surface area contributed by atoms with Gasteiger partial charge >= 0.3 is 0 Å². The van der Waals surface area contributed by atoms with Gasteiger partial charge in [-0.2, -0.15) is 11.8 Å². The Morgan fingerprint density at radius 2 is 2.26 bits per heavy atom. The molecule has 0 spiro atoms. The van der Waals surface area contributed by atoms with Crippen LogP contribution in [0.15, 0.2) is 4.99 Å². The average Bonchev–Trinajstić information content (AvgIpc) is 3.18. The molecule has 2 N–H and O–H groups in total. The second kappa shape index (κ2) is 11.4. The molecule has 2 rings (SSSR count). The van der Waals surface area contributed by atoms with E-state index in [4.69, 9.17) is 0 Å². The third-order valence-electron chi connectivity index (χ3n) is 4.54. The van der Waals surface area contributed by atoms with Crippen molar-refractivity contribution < 1.29 is 4.79 Å². The molecule has 0 saturated carbocycles. The average molecular weight is 454 g/mol. The molecule has 2 atom stereocenters. The van der Waals surface area contributed by atoms with Crippen molar-refractivity contribution in [3.05, 3.63) is 0 Å². The molecule has 0 aromatic heterocycles. The second-order valence-electron chi connectivity index (χ2n) is 6.06. The number of nitrogens with one attached hydrogen (secondary N) is 2. The Labute approximate surface area is 161 Å². The molecule has 0 bridgehead atoms. The van der Waals surface area contributed by atoms with Crippen LogP contribution in [0.25, 0.3) is 0 Å². The van der Waals surface area contributed by atoms with Crippen LogP contribution < -0.4 is 10.6 Å². The van der Waals surface area contributed by atoms with Crippen molar-refractivity contribution in [3.63, 3.8) is 0 Å². The van der Waals surface area contributed by atoms with E-state index < -0.39 is 0 Å².